The Bertz CT molecular complexity index is 954. The van der Waals surface area contributed by atoms with Gasteiger partial charge in [-0.1, -0.05) is 12.1 Å². The summed E-state index contributed by atoms with van der Waals surface area (Å²) in [5.74, 6) is 0.907. The quantitative estimate of drug-likeness (QED) is 0.628. The lowest BCUT2D eigenvalue weighted by molar-refractivity contribution is -0.129. The molecule has 0 fully saturated rings. The molecule has 0 atom stereocenters. The van der Waals surface area contributed by atoms with Gasteiger partial charge < -0.3 is 14.2 Å². The summed E-state index contributed by atoms with van der Waals surface area (Å²) in [5, 5.41) is 8.93. The molecule has 0 saturated heterocycles. The molecule has 0 aliphatic carbocycles. The average molecular weight is 318 g/mol. The van der Waals surface area contributed by atoms with Crippen LogP contribution in [0.15, 0.2) is 53.2 Å². The van der Waals surface area contributed by atoms with Crippen LogP contribution >= 0.6 is 0 Å². The van der Waals surface area contributed by atoms with Crippen molar-refractivity contribution >= 4 is 17.9 Å². The highest BCUT2D eigenvalue weighted by Crippen LogP contribution is 2.33. The molecule has 24 heavy (non-hydrogen) atoms. The van der Waals surface area contributed by atoms with Crippen LogP contribution in [0.25, 0.3) is 6.08 Å². The number of fused-ring (bicyclic) bond motifs is 1. The first-order chi connectivity index (χ1) is 11.7. The van der Waals surface area contributed by atoms with E-state index in [1.807, 2.05) is 0 Å². The third-order valence-electron chi connectivity index (χ3n) is 3.56. The number of nitriles is 1. The Balaban J connectivity index is 1.67. The second kappa shape index (κ2) is 5.56. The van der Waals surface area contributed by atoms with Gasteiger partial charge in [-0.3, -0.25) is 0 Å². The van der Waals surface area contributed by atoms with Crippen LogP contribution in [0.2, 0.25) is 0 Å². The molecule has 2 aliphatic heterocycles. The molecule has 0 N–H and O–H groups in total. The Morgan fingerprint density at radius 1 is 1.12 bits per heavy atom. The molecule has 0 bridgehead atoms. The monoisotopic (exact) mass is 318 g/mol. The van der Waals surface area contributed by atoms with E-state index >= 15 is 0 Å². The van der Waals surface area contributed by atoms with Gasteiger partial charge in [0.25, 0.3) is 0 Å². The molecule has 2 aromatic rings. The smallest absolute Gasteiger partial charge is 0.363 e. The zero-order valence-corrected chi connectivity index (χ0v) is 12.4. The van der Waals surface area contributed by atoms with Gasteiger partial charge >= 0.3 is 5.97 Å². The number of ether oxygens (including phenoxy) is 3. The summed E-state index contributed by atoms with van der Waals surface area (Å²) in [6, 6.07) is 14.2. The van der Waals surface area contributed by atoms with Crippen LogP contribution in [0.4, 0.5) is 0 Å². The predicted octanol–water partition coefficient (Wildman–Crippen LogP) is 2.63. The van der Waals surface area contributed by atoms with Crippen molar-refractivity contribution in [2.45, 2.75) is 0 Å². The molecule has 116 valence electrons. The summed E-state index contributed by atoms with van der Waals surface area (Å²) in [6.07, 6.45) is 1.59. The molecule has 2 aromatic carbocycles. The molecule has 6 nitrogen and oxygen atoms in total. The van der Waals surface area contributed by atoms with Crippen molar-refractivity contribution in [3.63, 3.8) is 0 Å². The molecular weight excluding hydrogens is 308 g/mol. The van der Waals surface area contributed by atoms with E-state index in [1.165, 1.54) is 0 Å². The molecule has 0 spiro atoms. The van der Waals surface area contributed by atoms with E-state index in [9.17, 15) is 4.79 Å². The number of esters is 1. The lowest BCUT2D eigenvalue weighted by atomic mass is 10.1. The average Bonchev–Trinajstić information content (AvgIpc) is 3.21. The zero-order chi connectivity index (χ0) is 16.5. The number of carbonyl (C=O) groups is 1. The fourth-order valence-electron chi connectivity index (χ4n) is 2.42. The van der Waals surface area contributed by atoms with E-state index < -0.39 is 5.97 Å². The van der Waals surface area contributed by atoms with Gasteiger partial charge in [-0.25, -0.2) is 9.79 Å². The molecule has 0 amide bonds. The van der Waals surface area contributed by atoms with Gasteiger partial charge in [0.1, 0.15) is 0 Å². The van der Waals surface area contributed by atoms with Gasteiger partial charge in [0, 0.05) is 5.56 Å². The minimum absolute atomic E-state index is 0.172. The second-order valence-electron chi connectivity index (χ2n) is 5.14. The summed E-state index contributed by atoms with van der Waals surface area (Å²) < 4.78 is 15.8. The first-order valence-electron chi connectivity index (χ1n) is 7.16. The normalized spacial score (nSPS) is 16.7. The van der Waals surface area contributed by atoms with Gasteiger partial charge in [-0.15, -0.1) is 0 Å². The maximum atomic E-state index is 12.0. The maximum absolute atomic E-state index is 12.0. The Kier molecular flexibility index (Phi) is 3.25. The number of aliphatic imine (C=N–C) groups is 1. The molecule has 2 aliphatic rings. The number of hydrogen-bond donors (Lipinski definition) is 0. The zero-order valence-electron chi connectivity index (χ0n) is 12.4. The molecule has 0 radical (unpaired) electrons. The lowest BCUT2D eigenvalue weighted by Crippen LogP contribution is -2.05. The van der Waals surface area contributed by atoms with E-state index in [0.29, 0.717) is 28.2 Å². The standard InChI is InChI=1S/C18H10N2O4/c19-9-12-3-1-2-11(6-12)7-14-18(21)24-17(20-14)13-4-5-15-16(8-13)23-10-22-15/h1-8H,10H2/b14-7+. The predicted molar refractivity (Wildman–Crippen MR) is 84.3 cm³/mol. The van der Waals surface area contributed by atoms with Crippen LogP contribution in [-0.4, -0.2) is 18.7 Å². The summed E-state index contributed by atoms with van der Waals surface area (Å²) >= 11 is 0. The van der Waals surface area contributed by atoms with Gasteiger partial charge in [0.05, 0.1) is 11.6 Å². The molecule has 0 aromatic heterocycles. The van der Waals surface area contributed by atoms with E-state index in [2.05, 4.69) is 11.1 Å². The third kappa shape index (κ3) is 2.48. The maximum Gasteiger partial charge on any atom is 0.363 e. The fraction of sp³-hybridized carbons (Fsp3) is 0.0556. The van der Waals surface area contributed by atoms with E-state index in [-0.39, 0.29) is 18.4 Å². The largest absolute Gasteiger partial charge is 0.454 e. The number of nitrogens with zero attached hydrogens (tertiary/aromatic N) is 2. The van der Waals surface area contributed by atoms with Crippen LogP contribution in [0.3, 0.4) is 0 Å². The summed E-state index contributed by atoms with van der Waals surface area (Å²) in [7, 11) is 0. The minimum Gasteiger partial charge on any atom is -0.454 e. The van der Waals surface area contributed by atoms with Crippen LogP contribution < -0.4 is 9.47 Å². The Morgan fingerprint density at radius 2 is 2.00 bits per heavy atom. The van der Waals surface area contributed by atoms with E-state index in [4.69, 9.17) is 19.5 Å². The fourth-order valence-corrected chi connectivity index (χ4v) is 2.42. The van der Waals surface area contributed by atoms with Crippen molar-refractivity contribution in [1.29, 1.82) is 5.26 Å². The highest BCUT2D eigenvalue weighted by Gasteiger charge is 2.25. The van der Waals surface area contributed by atoms with Crippen molar-refractivity contribution in [1.82, 2.24) is 0 Å². The van der Waals surface area contributed by atoms with Gasteiger partial charge in [-0.05, 0) is 42.0 Å². The van der Waals surface area contributed by atoms with Crippen molar-refractivity contribution in [2.75, 3.05) is 6.79 Å². The number of cyclic esters (lactones) is 1. The van der Waals surface area contributed by atoms with Crippen LogP contribution in [-0.2, 0) is 9.53 Å². The number of carbonyl (C=O) groups excluding carboxylic acids is 1. The van der Waals surface area contributed by atoms with Crippen molar-refractivity contribution in [3.8, 4) is 17.6 Å². The molecule has 6 heteroatoms. The first kappa shape index (κ1) is 14.0. The summed E-state index contributed by atoms with van der Waals surface area (Å²) in [4.78, 5) is 16.3. The summed E-state index contributed by atoms with van der Waals surface area (Å²) in [6.45, 7) is 0.172. The number of benzene rings is 2. The molecule has 2 heterocycles. The Labute approximate surface area is 137 Å². The van der Waals surface area contributed by atoms with Crippen molar-refractivity contribution < 1.29 is 19.0 Å². The highest BCUT2D eigenvalue weighted by atomic mass is 16.7. The lowest BCUT2D eigenvalue weighted by Gasteiger charge is -2.01. The van der Waals surface area contributed by atoms with E-state index in [0.717, 1.165) is 0 Å². The van der Waals surface area contributed by atoms with Crippen LogP contribution in [0.5, 0.6) is 11.5 Å². The highest BCUT2D eigenvalue weighted by molar-refractivity contribution is 6.13. The molecule has 0 saturated carbocycles. The number of rotatable bonds is 2. The van der Waals surface area contributed by atoms with Gasteiger partial charge in [-0.2, -0.15) is 5.26 Å². The number of hydrogen-bond acceptors (Lipinski definition) is 6. The summed E-state index contributed by atoms with van der Waals surface area (Å²) in [5.41, 5.74) is 2.02. The van der Waals surface area contributed by atoms with Crippen LogP contribution in [0.1, 0.15) is 16.7 Å². The van der Waals surface area contributed by atoms with Crippen molar-refractivity contribution in [2.24, 2.45) is 4.99 Å². The topological polar surface area (TPSA) is 80.9 Å². The van der Waals surface area contributed by atoms with E-state index in [1.54, 1.807) is 48.5 Å². The van der Waals surface area contributed by atoms with Gasteiger partial charge in [0.2, 0.25) is 12.7 Å². The Morgan fingerprint density at radius 3 is 2.88 bits per heavy atom. The minimum atomic E-state index is -0.537. The molecule has 0 unspecified atom stereocenters. The third-order valence-corrected chi connectivity index (χ3v) is 3.56. The van der Waals surface area contributed by atoms with Gasteiger partial charge in [0.15, 0.2) is 17.2 Å². The molecule has 4 rings (SSSR count). The Hall–Kier alpha value is -3.59. The second-order valence-corrected chi connectivity index (χ2v) is 5.14. The SMILES string of the molecule is N#Cc1cccc(/C=C2/N=C(c3ccc4c(c3)OCO4)OC2=O)c1. The van der Waals surface area contributed by atoms with Crippen LogP contribution in [0, 0.1) is 11.3 Å². The first-order valence-corrected chi connectivity index (χ1v) is 7.16. The van der Waals surface area contributed by atoms with Crippen molar-refractivity contribution in [3.05, 3.63) is 64.9 Å². The molecular formula is C18H10N2O4.